The molecule has 4 atom stereocenters. The molecule has 2 heteroatoms. The van der Waals surface area contributed by atoms with Crippen LogP contribution < -0.4 is 0 Å². The summed E-state index contributed by atoms with van der Waals surface area (Å²) in [6.45, 7) is 0. The molecule has 2 rings (SSSR count). The van der Waals surface area contributed by atoms with Gasteiger partial charge in [0.25, 0.3) is 0 Å². The minimum atomic E-state index is -0.0447. The van der Waals surface area contributed by atoms with Crippen LogP contribution in [0.25, 0.3) is 0 Å². The Morgan fingerprint density at radius 3 is 2.38 bits per heavy atom. The van der Waals surface area contributed by atoms with Gasteiger partial charge in [-0.1, -0.05) is 12.8 Å². The van der Waals surface area contributed by atoms with Crippen molar-refractivity contribution in [2.45, 2.75) is 50.7 Å². The van der Waals surface area contributed by atoms with E-state index in [-0.39, 0.29) is 6.10 Å². The van der Waals surface area contributed by atoms with E-state index in [0.29, 0.717) is 17.9 Å². The lowest BCUT2D eigenvalue weighted by Gasteiger charge is -2.43. The Bertz CT molecular complexity index is 169. The Kier molecular flexibility index (Phi) is 2.89. The van der Waals surface area contributed by atoms with Crippen molar-refractivity contribution in [1.29, 1.82) is 0 Å². The second-order valence-corrected chi connectivity index (χ2v) is 4.53. The maximum absolute atomic E-state index is 9.86. The standard InChI is InChI=1S/C11H20O2/c1-13-11-7-6-10(12)8-4-2-3-5-9(8)11/h8-12H,2-7H2,1H3/t8-,9+,10?,11?/m1/s1. The van der Waals surface area contributed by atoms with Crippen LogP contribution in [0, 0.1) is 11.8 Å². The zero-order valence-electron chi connectivity index (χ0n) is 8.41. The molecule has 76 valence electrons. The van der Waals surface area contributed by atoms with Crippen LogP contribution in [0.15, 0.2) is 0 Å². The van der Waals surface area contributed by atoms with Gasteiger partial charge in [-0.05, 0) is 37.5 Å². The number of aliphatic hydroxyl groups excluding tert-OH is 1. The Balaban J connectivity index is 2.05. The molecule has 0 aromatic heterocycles. The number of rotatable bonds is 1. The monoisotopic (exact) mass is 184 g/mol. The van der Waals surface area contributed by atoms with E-state index in [4.69, 9.17) is 4.74 Å². The third-order valence-corrected chi connectivity index (χ3v) is 3.90. The van der Waals surface area contributed by atoms with E-state index in [1.165, 1.54) is 25.7 Å². The van der Waals surface area contributed by atoms with E-state index < -0.39 is 0 Å². The summed E-state index contributed by atoms with van der Waals surface area (Å²) in [6, 6.07) is 0. The quantitative estimate of drug-likeness (QED) is 0.675. The summed E-state index contributed by atoms with van der Waals surface area (Å²) < 4.78 is 5.50. The van der Waals surface area contributed by atoms with Crippen molar-refractivity contribution >= 4 is 0 Å². The number of hydrogen-bond donors (Lipinski definition) is 1. The fraction of sp³-hybridized carbons (Fsp3) is 1.00. The van der Waals surface area contributed by atoms with Crippen LogP contribution >= 0.6 is 0 Å². The smallest absolute Gasteiger partial charge is 0.0604 e. The van der Waals surface area contributed by atoms with Crippen LogP contribution in [0.3, 0.4) is 0 Å². The van der Waals surface area contributed by atoms with Crippen LogP contribution in [0.1, 0.15) is 38.5 Å². The lowest BCUT2D eigenvalue weighted by Crippen LogP contribution is -2.43. The summed E-state index contributed by atoms with van der Waals surface area (Å²) in [5.41, 5.74) is 0. The lowest BCUT2D eigenvalue weighted by molar-refractivity contribution is -0.0772. The SMILES string of the molecule is COC1CCC(O)[C@@H]2CCCC[C@H]12. The first-order chi connectivity index (χ1) is 6.33. The van der Waals surface area contributed by atoms with Crippen molar-refractivity contribution in [3.63, 3.8) is 0 Å². The number of hydrogen-bond acceptors (Lipinski definition) is 2. The van der Waals surface area contributed by atoms with Gasteiger partial charge in [0.1, 0.15) is 0 Å². The van der Waals surface area contributed by atoms with Gasteiger partial charge in [0, 0.05) is 7.11 Å². The molecule has 0 aromatic carbocycles. The summed E-state index contributed by atoms with van der Waals surface area (Å²) in [6.07, 6.45) is 7.48. The molecular weight excluding hydrogens is 164 g/mol. The Morgan fingerprint density at radius 1 is 1.00 bits per heavy atom. The third kappa shape index (κ3) is 1.75. The molecule has 0 aromatic rings. The molecule has 0 saturated heterocycles. The van der Waals surface area contributed by atoms with Gasteiger partial charge in [-0.2, -0.15) is 0 Å². The van der Waals surface area contributed by atoms with Gasteiger partial charge in [-0.15, -0.1) is 0 Å². The fourth-order valence-corrected chi connectivity index (χ4v) is 3.18. The molecule has 2 unspecified atom stereocenters. The zero-order chi connectivity index (χ0) is 9.26. The first-order valence-corrected chi connectivity index (χ1v) is 5.54. The minimum absolute atomic E-state index is 0.0447. The Hall–Kier alpha value is -0.0800. The zero-order valence-corrected chi connectivity index (χ0v) is 8.41. The van der Waals surface area contributed by atoms with Crippen molar-refractivity contribution in [2.24, 2.45) is 11.8 Å². The summed E-state index contributed by atoms with van der Waals surface area (Å²) in [5, 5.41) is 9.86. The summed E-state index contributed by atoms with van der Waals surface area (Å²) in [7, 11) is 1.81. The van der Waals surface area contributed by atoms with Crippen molar-refractivity contribution < 1.29 is 9.84 Å². The molecule has 0 radical (unpaired) electrons. The number of fused-ring (bicyclic) bond motifs is 1. The Labute approximate surface area is 80.3 Å². The second kappa shape index (κ2) is 3.97. The van der Waals surface area contributed by atoms with Gasteiger partial charge >= 0.3 is 0 Å². The number of ether oxygens (including phenoxy) is 1. The normalized spacial score (nSPS) is 45.7. The van der Waals surface area contributed by atoms with E-state index in [9.17, 15) is 5.11 Å². The maximum Gasteiger partial charge on any atom is 0.0604 e. The van der Waals surface area contributed by atoms with E-state index in [1.807, 2.05) is 7.11 Å². The largest absolute Gasteiger partial charge is 0.393 e. The third-order valence-electron chi connectivity index (χ3n) is 3.90. The molecule has 0 heterocycles. The predicted molar refractivity (Wildman–Crippen MR) is 51.5 cm³/mol. The van der Waals surface area contributed by atoms with Gasteiger partial charge in [0.05, 0.1) is 12.2 Å². The molecule has 1 N–H and O–H groups in total. The highest BCUT2D eigenvalue weighted by molar-refractivity contribution is 4.90. The average molecular weight is 184 g/mol. The van der Waals surface area contributed by atoms with Gasteiger partial charge in [-0.25, -0.2) is 0 Å². The van der Waals surface area contributed by atoms with Gasteiger partial charge < -0.3 is 9.84 Å². The van der Waals surface area contributed by atoms with Crippen LogP contribution in [0.2, 0.25) is 0 Å². The topological polar surface area (TPSA) is 29.5 Å². The second-order valence-electron chi connectivity index (χ2n) is 4.53. The van der Waals surface area contributed by atoms with E-state index in [2.05, 4.69) is 0 Å². The predicted octanol–water partition coefficient (Wildman–Crippen LogP) is 1.96. The fourth-order valence-electron chi connectivity index (χ4n) is 3.18. The molecule has 2 nitrogen and oxygen atoms in total. The molecule has 0 spiro atoms. The molecular formula is C11H20O2. The molecule has 0 amide bonds. The van der Waals surface area contributed by atoms with Crippen LogP contribution in [0.4, 0.5) is 0 Å². The van der Waals surface area contributed by atoms with Crippen molar-refractivity contribution in [3.8, 4) is 0 Å². The first kappa shape index (κ1) is 9.47. The highest BCUT2D eigenvalue weighted by Crippen LogP contribution is 2.41. The van der Waals surface area contributed by atoms with E-state index in [0.717, 1.165) is 12.8 Å². The summed E-state index contributed by atoms with van der Waals surface area (Å²) >= 11 is 0. The van der Waals surface area contributed by atoms with Crippen molar-refractivity contribution in [3.05, 3.63) is 0 Å². The average Bonchev–Trinajstić information content (AvgIpc) is 2.19. The maximum atomic E-state index is 9.86. The van der Waals surface area contributed by atoms with Crippen molar-refractivity contribution in [1.82, 2.24) is 0 Å². The number of methoxy groups -OCH3 is 1. The molecule has 2 aliphatic carbocycles. The molecule has 2 saturated carbocycles. The van der Waals surface area contributed by atoms with Crippen molar-refractivity contribution in [2.75, 3.05) is 7.11 Å². The highest BCUT2D eigenvalue weighted by Gasteiger charge is 2.39. The molecule has 2 fully saturated rings. The van der Waals surface area contributed by atoms with Crippen LogP contribution in [0.5, 0.6) is 0 Å². The summed E-state index contributed by atoms with van der Waals surface area (Å²) in [5.74, 6) is 1.18. The molecule has 13 heavy (non-hydrogen) atoms. The Morgan fingerprint density at radius 2 is 1.69 bits per heavy atom. The lowest BCUT2D eigenvalue weighted by atomic mass is 9.68. The molecule has 0 bridgehead atoms. The molecule has 2 aliphatic rings. The first-order valence-electron chi connectivity index (χ1n) is 5.54. The van der Waals surface area contributed by atoms with Gasteiger partial charge in [0.15, 0.2) is 0 Å². The van der Waals surface area contributed by atoms with Crippen LogP contribution in [-0.2, 0) is 4.74 Å². The van der Waals surface area contributed by atoms with Crippen LogP contribution in [-0.4, -0.2) is 24.4 Å². The van der Waals surface area contributed by atoms with E-state index in [1.54, 1.807) is 0 Å². The highest BCUT2D eigenvalue weighted by atomic mass is 16.5. The van der Waals surface area contributed by atoms with Gasteiger partial charge in [0.2, 0.25) is 0 Å². The van der Waals surface area contributed by atoms with Gasteiger partial charge in [-0.3, -0.25) is 0 Å². The minimum Gasteiger partial charge on any atom is -0.393 e. The summed E-state index contributed by atoms with van der Waals surface area (Å²) in [4.78, 5) is 0. The van der Waals surface area contributed by atoms with E-state index >= 15 is 0 Å². The molecule has 0 aliphatic heterocycles. The number of aliphatic hydroxyl groups is 1.